The van der Waals surface area contributed by atoms with Crippen molar-refractivity contribution in [1.82, 2.24) is 0 Å². The van der Waals surface area contributed by atoms with E-state index in [-0.39, 0.29) is 5.78 Å². The molecule has 0 aliphatic carbocycles. The smallest absolute Gasteiger partial charge is 0.163 e. The summed E-state index contributed by atoms with van der Waals surface area (Å²) in [6.07, 6.45) is 0.543. The van der Waals surface area contributed by atoms with Crippen molar-refractivity contribution in [2.45, 2.75) is 13.3 Å². The number of anilines is 1. The van der Waals surface area contributed by atoms with Gasteiger partial charge >= 0.3 is 0 Å². The van der Waals surface area contributed by atoms with Crippen LogP contribution in [0.1, 0.15) is 23.7 Å². The minimum Gasteiger partial charge on any atom is -0.378 e. The van der Waals surface area contributed by atoms with Crippen molar-refractivity contribution in [3.05, 3.63) is 42.0 Å². The van der Waals surface area contributed by atoms with Crippen LogP contribution in [0.2, 0.25) is 0 Å². The van der Waals surface area contributed by atoms with Gasteiger partial charge in [-0.2, -0.15) is 0 Å². The van der Waals surface area contributed by atoms with Gasteiger partial charge in [-0.15, -0.1) is 0 Å². The lowest BCUT2D eigenvalue weighted by molar-refractivity contribution is 0.0990. The molecular formula is C15H17NO. The predicted molar refractivity (Wildman–Crippen MR) is 72.9 cm³/mol. The Morgan fingerprint density at radius 1 is 1.18 bits per heavy atom. The molecule has 2 nitrogen and oxygen atoms in total. The molecule has 88 valence electrons. The van der Waals surface area contributed by atoms with Gasteiger partial charge in [-0.05, 0) is 22.9 Å². The van der Waals surface area contributed by atoms with Crippen LogP contribution in [0.5, 0.6) is 0 Å². The first-order valence-corrected chi connectivity index (χ1v) is 5.86. The van der Waals surface area contributed by atoms with Crippen LogP contribution in [0.25, 0.3) is 10.8 Å². The third-order valence-corrected chi connectivity index (χ3v) is 2.98. The van der Waals surface area contributed by atoms with Gasteiger partial charge in [0, 0.05) is 31.8 Å². The molecule has 0 unspecified atom stereocenters. The Kier molecular flexibility index (Phi) is 3.14. The van der Waals surface area contributed by atoms with E-state index in [1.54, 1.807) is 0 Å². The second kappa shape index (κ2) is 4.58. The van der Waals surface area contributed by atoms with Gasteiger partial charge in [-0.25, -0.2) is 0 Å². The molecular weight excluding hydrogens is 210 g/mol. The summed E-state index contributed by atoms with van der Waals surface area (Å²) in [7, 11) is 3.98. The fraction of sp³-hybridized carbons (Fsp3) is 0.267. The Morgan fingerprint density at radius 2 is 1.88 bits per heavy atom. The molecule has 17 heavy (non-hydrogen) atoms. The van der Waals surface area contributed by atoms with E-state index in [1.807, 2.05) is 50.2 Å². The van der Waals surface area contributed by atoms with Crippen LogP contribution in [0.3, 0.4) is 0 Å². The van der Waals surface area contributed by atoms with Crippen molar-refractivity contribution in [1.29, 1.82) is 0 Å². The highest BCUT2D eigenvalue weighted by Crippen LogP contribution is 2.26. The predicted octanol–water partition coefficient (Wildman–Crippen LogP) is 3.50. The number of hydrogen-bond acceptors (Lipinski definition) is 2. The standard InChI is InChI=1S/C15H17NO/c1-4-15(17)14-10-12(16(2)3)9-11-7-5-6-8-13(11)14/h5-10H,4H2,1-3H3. The number of nitrogens with zero attached hydrogens (tertiary/aromatic N) is 1. The highest BCUT2D eigenvalue weighted by atomic mass is 16.1. The van der Waals surface area contributed by atoms with Crippen molar-refractivity contribution in [3.8, 4) is 0 Å². The van der Waals surface area contributed by atoms with Crippen LogP contribution in [0.4, 0.5) is 5.69 Å². The maximum absolute atomic E-state index is 12.0. The first kappa shape index (κ1) is 11.6. The molecule has 0 N–H and O–H groups in total. The maximum atomic E-state index is 12.0. The Hall–Kier alpha value is -1.83. The second-order valence-corrected chi connectivity index (χ2v) is 4.39. The molecule has 0 bridgehead atoms. The summed E-state index contributed by atoms with van der Waals surface area (Å²) in [6, 6.07) is 12.1. The Labute approximate surface area is 102 Å². The molecule has 0 heterocycles. The summed E-state index contributed by atoms with van der Waals surface area (Å²) >= 11 is 0. The van der Waals surface area contributed by atoms with E-state index in [4.69, 9.17) is 0 Å². The molecule has 0 saturated heterocycles. The fourth-order valence-corrected chi connectivity index (χ4v) is 1.97. The molecule has 0 aliphatic heterocycles. The Balaban J connectivity index is 2.73. The van der Waals surface area contributed by atoms with E-state index in [9.17, 15) is 4.79 Å². The summed E-state index contributed by atoms with van der Waals surface area (Å²) in [5, 5.41) is 2.17. The van der Waals surface area contributed by atoms with Gasteiger partial charge in [0.1, 0.15) is 0 Å². The number of fused-ring (bicyclic) bond motifs is 1. The lowest BCUT2D eigenvalue weighted by atomic mass is 9.99. The Bertz CT molecular complexity index is 558. The molecule has 0 saturated carbocycles. The summed E-state index contributed by atoms with van der Waals surface area (Å²) in [6.45, 7) is 1.90. The van der Waals surface area contributed by atoms with E-state index >= 15 is 0 Å². The zero-order valence-electron chi connectivity index (χ0n) is 10.5. The first-order chi connectivity index (χ1) is 8.13. The molecule has 2 heteroatoms. The molecule has 0 aromatic heterocycles. The van der Waals surface area contributed by atoms with Gasteiger partial charge in [0.05, 0.1) is 0 Å². The number of carbonyl (C=O) groups excluding carboxylic acids is 1. The van der Waals surface area contributed by atoms with Gasteiger partial charge in [0.25, 0.3) is 0 Å². The van der Waals surface area contributed by atoms with Crippen LogP contribution >= 0.6 is 0 Å². The summed E-state index contributed by atoms with van der Waals surface area (Å²) in [5.74, 6) is 0.199. The normalized spacial score (nSPS) is 10.5. The van der Waals surface area contributed by atoms with Crippen molar-refractivity contribution in [2.24, 2.45) is 0 Å². The zero-order chi connectivity index (χ0) is 12.4. The third-order valence-electron chi connectivity index (χ3n) is 2.98. The number of Topliss-reactive ketones (excluding diaryl/α,β-unsaturated/α-hetero) is 1. The molecule has 0 amide bonds. The second-order valence-electron chi connectivity index (χ2n) is 4.39. The number of carbonyl (C=O) groups is 1. The monoisotopic (exact) mass is 227 g/mol. The molecule has 2 aromatic carbocycles. The van der Waals surface area contributed by atoms with Gasteiger partial charge in [-0.3, -0.25) is 4.79 Å². The highest BCUT2D eigenvalue weighted by molar-refractivity contribution is 6.09. The lowest BCUT2D eigenvalue weighted by Crippen LogP contribution is -2.10. The summed E-state index contributed by atoms with van der Waals surface area (Å²) < 4.78 is 0. The minimum absolute atomic E-state index is 0.199. The molecule has 0 spiro atoms. The fourth-order valence-electron chi connectivity index (χ4n) is 1.97. The zero-order valence-corrected chi connectivity index (χ0v) is 10.5. The van der Waals surface area contributed by atoms with Crippen LogP contribution in [-0.4, -0.2) is 19.9 Å². The average Bonchev–Trinajstić information content (AvgIpc) is 2.36. The van der Waals surface area contributed by atoms with E-state index in [0.717, 1.165) is 22.0 Å². The highest BCUT2D eigenvalue weighted by Gasteiger charge is 2.10. The SMILES string of the molecule is CCC(=O)c1cc(N(C)C)cc2ccccc12. The van der Waals surface area contributed by atoms with E-state index < -0.39 is 0 Å². The van der Waals surface area contributed by atoms with Gasteiger partial charge in [0.2, 0.25) is 0 Å². The molecule has 0 radical (unpaired) electrons. The topological polar surface area (TPSA) is 20.3 Å². The number of hydrogen-bond donors (Lipinski definition) is 0. The quantitative estimate of drug-likeness (QED) is 0.748. The van der Waals surface area contributed by atoms with Crippen LogP contribution < -0.4 is 4.90 Å². The van der Waals surface area contributed by atoms with Gasteiger partial charge in [0.15, 0.2) is 5.78 Å². The minimum atomic E-state index is 0.199. The van der Waals surface area contributed by atoms with Crippen molar-refractivity contribution < 1.29 is 4.79 Å². The van der Waals surface area contributed by atoms with Crippen molar-refractivity contribution in [3.63, 3.8) is 0 Å². The van der Waals surface area contributed by atoms with Crippen LogP contribution in [-0.2, 0) is 0 Å². The maximum Gasteiger partial charge on any atom is 0.163 e. The number of benzene rings is 2. The largest absolute Gasteiger partial charge is 0.378 e. The van der Waals surface area contributed by atoms with Crippen LogP contribution in [0.15, 0.2) is 36.4 Å². The average molecular weight is 227 g/mol. The van der Waals surface area contributed by atoms with Crippen LogP contribution in [0, 0.1) is 0 Å². The third kappa shape index (κ3) is 2.16. The van der Waals surface area contributed by atoms with Crippen molar-refractivity contribution in [2.75, 3.05) is 19.0 Å². The molecule has 2 aromatic rings. The number of ketones is 1. The molecule has 0 fully saturated rings. The molecule has 0 aliphatic rings. The number of rotatable bonds is 3. The van der Waals surface area contributed by atoms with Crippen molar-refractivity contribution >= 4 is 22.2 Å². The van der Waals surface area contributed by atoms with E-state index in [2.05, 4.69) is 12.1 Å². The van der Waals surface area contributed by atoms with E-state index in [1.165, 1.54) is 0 Å². The first-order valence-electron chi connectivity index (χ1n) is 5.86. The Morgan fingerprint density at radius 3 is 2.53 bits per heavy atom. The van der Waals surface area contributed by atoms with Gasteiger partial charge in [-0.1, -0.05) is 31.2 Å². The molecule has 2 rings (SSSR count). The summed E-state index contributed by atoms with van der Waals surface area (Å²) in [4.78, 5) is 14.0. The molecule has 0 atom stereocenters. The lowest BCUT2D eigenvalue weighted by Gasteiger charge is -2.15. The van der Waals surface area contributed by atoms with E-state index in [0.29, 0.717) is 6.42 Å². The summed E-state index contributed by atoms with van der Waals surface area (Å²) in [5.41, 5.74) is 1.90. The van der Waals surface area contributed by atoms with Gasteiger partial charge < -0.3 is 4.90 Å².